The number of nitrogen functional groups attached to an aromatic ring is 1. The minimum Gasteiger partial charge on any atom is -0.398 e. The Morgan fingerprint density at radius 1 is 0.950 bits per heavy atom. The van der Waals surface area contributed by atoms with Gasteiger partial charge >= 0.3 is 0 Å². The average Bonchev–Trinajstić information content (AvgIpc) is 2.32. The molecule has 0 radical (unpaired) electrons. The summed E-state index contributed by atoms with van der Waals surface area (Å²) in [7, 11) is 0. The quantitative estimate of drug-likeness (QED) is 0.815. The SMILES string of the molecule is Cc1cc(C)c(C(=O)Nc2ccc(C)c(N)c2)c(C)c1. The third-order valence-electron chi connectivity index (χ3n) is 3.44. The molecule has 0 bridgehead atoms. The first-order valence-electron chi connectivity index (χ1n) is 6.64. The molecule has 2 aromatic rings. The first kappa shape index (κ1) is 14.1. The van der Waals surface area contributed by atoms with Gasteiger partial charge < -0.3 is 11.1 Å². The van der Waals surface area contributed by atoms with Crippen molar-refractivity contribution in [3.05, 3.63) is 58.1 Å². The van der Waals surface area contributed by atoms with Crippen molar-refractivity contribution < 1.29 is 4.79 Å². The lowest BCUT2D eigenvalue weighted by Gasteiger charge is -2.12. The number of anilines is 2. The van der Waals surface area contributed by atoms with Crippen LogP contribution in [0.3, 0.4) is 0 Å². The van der Waals surface area contributed by atoms with E-state index in [-0.39, 0.29) is 5.91 Å². The van der Waals surface area contributed by atoms with Gasteiger partial charge in [-0.05, 0) is 56.5 Å². The third-order valence-corrected chi connectivity index (χ3v) is 3.44. The first-order valence-corrected chi connectivity index (χ1v) is 6.64. The van der Waals surface area contributed by atoms with Crippen LogP contribution in [0, 0.1) is 27.7 Å². The van der Waals surface area contributed by atoms with Crippen LogP contribution in [0.25, 0.3) is 0 Å². The molecule has 104 valence electrons. The number of carbonyl (C=O) groups is 1. The molecular weight excluding hydrogens is 248 g/mol. The van der Waals surface area contributed by atoms with Gasteiger partial charge in [-0.3, -0.25) is 4.79 Å². The molecule has 0 saturated heterocycles. The summed E-state index contributed by atoms with van der Waals surface area (Å²) in [5.74, 6) is -0.0942. The van der Waals surface area contributed by atoms with E-state index in [0.717, 1.165) is 33.5 Å². The lowest BCUT2D eigenvalue weighted by molar-refractivity contribution is 0.102. The minimum atomic E-state index is -0.0942. The second kappa shape index (κ2) is 5.37. The Labute approximate surface area is 119 Å². The van der Waals surface area contributed by atoms with Crippen molar-refractivity contribution in [3.8, 4) is 0 Å². The highest BCUT2D eigenvalue weighted by Crippen LogP contribution is 2.20. The van der Waals surface area contributed by atoms with E-state index in [1.165, 1.54) is 0 Å². The maximum atomic E-state index is 12.4. The van der Waals surface area contributed by atoms with Gasteiger partial charge in [-0.2, -0.15) is 0 Å². The van der Waals surface area contributed by atoms with Crippen LogP contribution < -0.4 is 11.1 Å². The molecule has 0 spiro atoms. The molecule has 0 atom stereocenters. The molecule has 20 heavy (non-hydrogen) atoms. The second-order valence-electron chi connectivity index (χ2n) is 5.30. The molecule has 2 aromatic carbocycles. The van der Waals surface area contributed by atoms with Crippen LogP contribution in [0.5, 0.6) is 0 Å². The summed E-state index contributed by atoms with van der Waals surface area (Å²) >= 11 is 0. The number of carbonyl (C=O) groups excluding carboxylic acids is 1. The summed E-state index contributed by atoms with van der Waals surface area (Å²) in [6, 6.07) is 9.59. The van der Waals surface area contributed by atoms with Gasteiger partial charge in [-0.25, -0.2) is 0 Å². The molecule has 0 aliphatic carbocycles. The number of hydrogen-bond acceptors (Lipinski definition) is 2. The van der Waals surface area contributed by atoms with Gasteiger partial charge in [0.15, 0.2) is 0 Å². The lowest BCUT2D eigenvalue weighted by Crippen LogP contribution is -2.15. The van der Waals surface area contributed by atoms with Gasteiger partial charge in [0, 0.05) is 16.9 Å². The molecule has 0 fully saturated rings. The van der Waals surface area contributed by atoms with Crippen molar-refractivity contribution in [2.75, 3.05) is 11.1 Å². The maximum absolute atomic E-state index is 12.4. The molecule has 0 unspecified atom stereocenters. The van der Waals surface area contributed by atoms with Crippen LogP contribution in [0.4, 0.5) is 11.4 Å². The number of rotatable bonds is 2. The van der Waals surface area contributed by atoms with Gasteiger partial charge in [0.2, 0.25) is 0 Å². The molecule has 1 amide bonds. The molecular formula is C17H20N2O. The molecule has 2 rings (SSSR count). The largest absolute Gasteiger partial charge is 0.398 e. The first-order chi connectivity index (χ1) is 9.38. The number of hydrogen-bond donors (Lipinski definition) is 2. The van der Waals surface area contributed by atoms with E-state index in [0.29, 0.717) is 5.69 Å². The Kier molecular flexibility index (Phi) is 3.79. The van der Waals surface area contributed by atoms with Gasteiger partial charge in [0.1, 0.15) is 0 Å². The highest BCUT2D eigenvalue weighted by molar-refractivity contribution is 6.06. The monoisotopic (exact) mass is 268 g/mol. The standard InChI is InChI=1S/C17H20N2O/c1-10-7-12(3)16(13(4)8-10)17(20)19-14-6-5-11(2)15(18)9-14/h5-9H,18H2,1-4H3,(H,19,20). The van der Waals surface area contributed by atoms with E-state index in [2.05, 4.69) is 5.32 Å². The van der Waals surface area contributed by atoms with Gasteiger partial charge in [0.05, 0.1) is 0 Å². The molecule has 3 nitrogen and oxygen atoms in total. The number of nitrogens with two attached hydrogens (primary N) is 1. The van der Waals surface area contributed by atoms with E-state index in [9.17, 15) is 4.79 Å². The topological polar surface area (TPSA) is 55.1 Å². The zero-order chi connectivity index (χ0) is 14.9. The number of nitrogens with one attached hydrogen (secondary N) is 1. The van der Waals surface area contributed by atoms with E-state index >= 15 is 0 Å². The Morgan fingerprint density at radius 2 is 1.55 bits per heavy atom. The minimum absolute atomic E-state index is 0.0942. The average molecular weight is 268 g/mol. The number of benzene rings is 2. The van der Waals surface area contributed by atoms with Crippen LogP contribution in [-0.4, -0.2) is 5.91 Å². The number of aryl methyl sites for hydroxylation is 4. The van der Waals surface area contributed by atoms with Crippen LogP contribution >= 0.6 is 0 Å². The Hall–Kier alpha value is -2.29. The summed E-state index contributed by atoms with van der Waals surface area (Å²) in [6.07, 6.45) is 0. The Bertz CT molecular complexity index is 652. The van der Waals surface area contributed by atoms with Crippen molar-refractivity contribution in [2.45, 2.75) is 27.7 Å². The molecule has 0 heterocycles. The van der Waals surface area contributed by atoms with Crippen molar-refractivity contribution in [2.24, 2.45) is 0 Å². The third kappa shape index (κ3) is 2.82. The molecule has 0 aliphatic heterocycles. The Balaban J connectivity index is 2.31. The van der Waals surface area contributed by atoms with Crippen LogP contribution in [-0.2, 0) is 0 Å². The summed E-state index contributed by atoms with van der Waals surface area (Å²) in [4.78, 5) is 12.4. The van der Waals surface area contributed by atoms with Crippen molar-refractivity contribution in [1.29, 1.82) is 0 Å². The predicted octanol–water partition coefficient (Wildman–Crippen LogP) is 3.75. The van der Waals surface area contributed by atoms with Crippen molar-refractivity contribution >= 4 is 17.3 Å². The van der Waals surface area contributed by atoms with Gasteiger partial charge in [-0.15, -0.1) is 0 Å². The van der Waals surface area contributed by atoms with Crippen LogP contribution in [0.15, 0.2) is 30.3 Å². The van der Waals surface area contributed by atoms with Crippen molar-refractivity contribution in [3.63, 3.8) is 0 Å². The van der Waals surface area contributed by atoms with E-state index < -0.39 is 0 Å². The van der Waals surface area contributed by atoms with Crippen molar-refractivity contribution in [1.82, 2.24) is 0 Å². The second-order valence-corrected chi connectivity index (χ2v) is 5.30. The summed E-state index contributed by atoms with van der Waals surface area (Å²) in [5.41, 5.74) is 12.1. The molecule has 3 N–H and O–H groups in total. The molecule has 0 saturated carbocycles. The van der Waals surface area contributed by atoms with E-state index in [4.69, 9.17) is 5.73 Å². The fourth-order valence-electron chi connectivity index (χ4n) is 2.45. The van der Waals surface area contributed by atoms with E-state index in [1.807, 2.05) is 52.0 Å². The fourth-order valence-corrected chi connectivity index (χ4v) is 2.45. The molecule has 0 aliphatic rings. The highest BCUT2D eigenvalue weighted by atomic mass is 16.1. The normalized spacial score (nSPS) is 10.4. The molecule has 3 heteroatoms. The Morgan fingerprint density at radius 3 is 2.10 bits per heavy atom. The lowest BCUT2D eigenvalue weighted by atomic mass is 9.99. The summed E-state index contributed by atoms with van der Waals surface area (Å²) in [6.45, 7) is 7.88. The van der Waals surface area contributed by atoms with Crippen LogP contribution in [0.2, 0.25) is 0 Å². The molecule has 0 aromatic heterocycles. The highest BCUT2D eigenvalue weighted by Gasteiger charge is 2.13. The summed E-state index contributed by atoms with van der Waals surface area (Å²) < 4.78 is 0. The van der Waals surface area contributed by atoms with Gasteiger partial charge in [0.25, 0.3) is 5.91 Å². The predicted molar refractivity (Wildman–Crippen MR) is 84.2 cm³/mol. The zero-order valence-corrected chi connectivity index (χ0v) is 12.4. The smallest absolute Gasteiger partial charge is 0.256 e. The zero-order valence-electron chi connectivity index (χ0n) is 12.4. The number of amides is 1. The summed E-state index contributed by atoms with van der Waals surface area (Å²) in [5, 5.41) is 2.91. The fraction of sp³-hybridized carbons (Fsp3) is 0.235. The van der Waals surface area contributed by atoms with E-state index in [1.54, 1.807) is 6.07 Å². The van der Waals surface area contributed by atoms with Crippen LogP contribution in [0.1, 0.15) is 32.6 Å². The maximum Gasteiger partial charge on any atom is 0.256 e. The van der Waals surface area contributed by atoms with Gasteiger partial charge in [-0.1, -0.05) is 23.8 Å².